The fourth-order valence-electron chi connectivity index (χ4n) is 3.34. The van der Waals surface area contributed by atoms with Gasteiger partial charge in [0, 0.05) is 0 Å². The lowest BCUT2D eigenvalue weighted by Crippen LogP contribution is -1.95. The monoisotopic (exact) mass is 334 g/mol. The molecule has 0 saturated carbocycles. The second-order valence-electron chi connectivity index (χ2n) is 6.73. The number of phenols is 2. The summed E-state index contributed by atoms with van der Waals surface area (Å²) < 4.78 is 0. The molecule has 0 fully saturated rings. The molecular weight excluding hydrogens is 308 g/mol. The van der Waals surface area contributed by atoms with Crippen molar-refractivity contribution in [3.05, 3.63) is 71.3 Å². The van der Waals surface area contributed by atoms with E-state index in [1.807, 2.05) is 24.3 Å². The molecule has 0 atom stereocenters. The van der Waals surface area contributed by atoms with E-state index in [0.717, 1.165) is 31.2 Å². The van der Waals surface area contributed by atoms with Crippen molar-refractivity contribution < 1.29 is 10.2 Å². The highest BCUT2D eigenvalue weighted by Gasteiger charge is 2.12. The highest BCUT2D eigenvalue weighted by Crippen LogP contribution is 2.33. The van der Waals surface area contributed by atoms with Gasteiger partial charge in [0.2, 0.25) is 0 Å². The molecule has 2 heteroatoms. The zero-order chi connectivity index (χ0) is 17.6. The average molecular weight is 334 g/mol. The highest BCUT2D eigenvalue weighted by atomic mass is 16.3. The number of rotatable bonds is 6. The average Bonchev–Trinajstić information content (AvgIpc) is 2.64. The van der Waals surface area contributed by atoms with Gasteiger partial charge in [0.1, 0.15) is 11.5 Å². The fraction of sp³-hybridized carbons (Fsp3) is 0.304. The summed E-state index contributed by atoms with van der Waals surface area (Å²) in [6, 6.07) is 13.4. The molecule has 0 saturated heterocycles. The summed E-state index contributed by atoms with van der Waals surface area (Å²) in [5.41, 5.74) is 6.05. The Kier molecular flexibility index (Phi) is 5.60. The van der Waals surface area contributed by atoms with Gasteiger partial charge in [-0.2, -0.15) is 0 Å². The van der Waals surface area contributed by atoms with Crippen LogP contribution in [-0.4, -0.2) is 10.2 Å². The molecule has 0 aliphatic heterocycles. The van der Waals surface area contributed by atoms with Crippen LogP contribution in [0.5, 0.6) is 11.5 Å². The molecule has 0 bridgehead atoms. The second kappa shape index (κ2) is 8.06. The van der Waals surface area contributed by atoms with E-state index >= 15 is 0 Å². The molecular formula is C23H26O2. The first-order chi connectivity index (χ1) is 12.2. The summed E-state index contributed by atoms with van der Waals surface area (Å²) in [5, 5.41) is 19.5. The van der Waals surface area contributed by atoms with Gasteiger partial charge in [-0.1, -0.05) is 50.1 Å². The summed E-state index contributed by atoms with van der Waals surface area (Å²) in [7, 11) is 0. The van der Waals surface area contributed by atoms with E-state index in [1.54, 1.807) is 12.1 Å². The maximum absolute atomic E-state index is 10.1. The molecule has 2 nitrogen and oxygen atoms in total. The number of unbranched alkanes of at least 4 members (excludes halogenated alkanes) is 2. The van der Waals surface area contributed by atoms with Crippen LogP contribution in [0.15, 0.2) is 54.6 Å². The lowest BCUT2D eigenvalue weighted by molar-refractivity contribution is 0.466. The van der Waals surface area contributed by atoms with Crippen LogP contribution in [0.2, 0.25) is 0 Å². The number of benzene rings is 2. The minimum absolute atomic E-state index is 0.302. The number of aromatic hydroxyl groups is 2. The molecule has 130 valence electrons. The topological polar surface area (TPSA) is 40.5 Å². The van der Waals surface area contributed by atoms with E-state index in [2.05, 4.69) is 25.1 Å². The number of allylic oxidation sites excluding steroid dienone is 4. The largest absolute Gasteiger partial charge is 0.508 e. The summed E-state index contributed by atoms with van der Waals surface area (Å²) in [5.74, 6) is 0.715. The Bertz CT molecular complexity index is 782. The Hall–Kier alpha value is -2.48. The van der Waals surface area contributed by atoms with Gasteiger partial charge in [0.25, 0.3) is 0 Å². The zero-order valence-corrected chi connectivity index (χ0v) is 14.8. The third-order valence-electron chi connectivity index (χ3n) is 4.89. The zero-order valence-electron chi connectivity index (χ0n) is 14.8. The predicted molar refractivity (Wildman–Crippen MR) is 105 cm³/mol. The molecule has 0 radical (unpaired) electrons. The quantitative estimate of drug-likeness (QED) is 0.627. The van der Waals surface area contributed by atoms with Crippen LogP contribution in [0.1, 0.15) is 55.7 Å². The van der Waals surface area contributed by atoms with E-state index < -0.39 is 0 Å². The van der Waals surface area contributed by atoms with Crippen molar-refractivity contribution >= 4 is 11.1 Å². The van der Waals surface area contributed by atoms with Gasteiger partial charge in [-0.05, 0) is 77.8 Å². The fourth-order valence-corrected chi connectivity index (χ4v) is 3.34. The Morgan fingerprint density at radius 3 is 2.08 bits per heavy atom. The molecule has 2 aromatic carbocycles. The van der Waals surface area contributed by atoms with Gasteiger partial charge < -0.3 is 10.2 Å². The van der Waals surface area contributed by atoms with Crippen molar-refractivity contribution in [1.29, 1.82) is 0 Å². The van der Waals surface area contributed by atoms with Gasteiger partial charge in [-0.3, -0.25) is 0 Å². The van der Waals surface area contributed by atoms with Crippen molar-refractivity contribution in [3.8, 4) is 11.5 Å². The third-order valence-corrected chi connectivity index (χ3v) is 4.89. The van der Waals surface area contributed by atoms with Crippen LogP contribution in [-0.2, 0) is 6.42 Å². The van der Waals surface area contributed by atoms with Crippen LogP contribution in [0, 0.1) is 0 Å². The van der Waals surface area contributed by atoms with Crippen molar-refractivity contribution in [3.63, 3.8) is 0 Å². The molecule has 25 heavy (non-hydrogen) atoms. The molecule has 0 spiro atoms. The van der Waals surface area contributed by atoms with Crippen molar-refractivity contribution in [2.75, 3.05) is 0 Å². The van der Waals surface area contributed by atoms with Crippen molar-refractivity contribution in [2.45, 2.75) is 45.4 Å². The van der Waals surface area contributed by atoms with Gasteiger partial charge in [-0.15, -0.1) is 0 Å². The van der Waals surface area contributed by atoms with Crippen molar-refractivity contribution in [2.24, 2.45) is 0 Å². The van der Waals surface area contributed by atoms with E-state index in [1.165, 1.54) is 35.1 Å². The normalized spacial score (nSPS) is 14.1. The van der Waals surface area contributed by atoms with E-state index in [0.29, 0.717) is 11.5 Å². The Morgan fingerprint density at radius 1 is 0.800 bits per heavy atom. The van der Waals surface area contributed by atoms with Crippen LogP contribution in [0.3, 0.4) is 0 Å². The lowest BCUT2D eigenvalue weighted by atomic mass is 9.89. The third kappa shape index (κ3) is 4.33. The second-order valence-corrected chi connectivity index (χ2v) is 6.73. The SMILES string of the molecule is CCCCCc1cc(C2=CC=C(c3ccc(O)cc3)CC2)ccc1O. The Balaban J connectivity index is 1.78. The summed E-state index contributed by atoms with van der Waals surface area (Å²) in [6.45, 7) is 2.20. The van der Waals surface area contributed by atoms with Gasteiger partial charge >= 0.3 is 0 Å². The van der Waals surface area contributed by atoms with Crippen LogP contribution < -0.4 is 0 Å². The first-order valence-electron chi connectivity index (χ1n) is 9.19. The molecule has 0 unspecified atom stereocenters. The summed E-state index contributed by atoms with van der Waals surface area (Å²) >= 11 is 0. The van der Waals surface area contributed by atoms with E-state index in [4.69, 9.17) is 0 Å². The lowest BCUT2D eigenvalue weighted by Gasteiger charge is -2.16. The van der Waals surface area contributed by atoms with Gasteiger partial charge in [0.15, 0.2) is 0 Å². The van der Waals surface area contributed by atoms with Crippen molar-refractivity contribution in [1.82, 2.24) is 0 Å². The molecule has 2 N–H and O–H groups in total. The van der Waals surface area contributed by atoms with E-state index in [9.17, 15) is 10.2 Å². The molecule has 1 aliphatic rings. The Morgan fingerprint density at radius 2 is 1.44 bits per heavy atom. The van der Waals surface area contributed by atoms with Crippen LogP contribution in [0.4, 0.5) is 0 Å². The smallest absolute Gasteiger partial charge is 0.118 e. The maximum Gasteiger partial charge on any atom is 0.118 e. The molecule has 2 aromatic rings. The molecule has 1 aliphatic carbocycles. The minimum atomic E-state index is 0.302. The van der Waals surface area contributed by atoms with Gasteiger partial charge in [0.05, 0.1) is 0 Å². The standard InChI is InChI=1S/C23H26O2/c1-2-3-4-5-21-16-20(12-15-23(21)25)19-8-6-17(7-9-19)18-10-13-22(24)14-11-18/h6,8,10-16,24-25H,2-5,7,9H2,1H3. The molecule has 0 heterocycles. The molecule has 0 amide bonds. The number of aryl methyl sites for hydroxylation is 1. The van der Waals surface area contributed by atoms with Crippen LogP contribution in [0.25, 0.3) is 11.1 Å². The van der Waals surface area contributed by atoms with Crippen LogP contribution >= 0.6 is 0 Å². The molecule has 3 rings (SSSR count). The Labute approximate surface area is 150 Å². The number of hydrogen-bond acceptors (Lipinski definition) is 2. The van der Waals surface area contributed by atoms with Gasteiger partial charge in [-0.25, -0.2) is 0 Å². The maximum atomic E-state index is 10.1. The summed E-state index contributed by atoms with van der Waals surface area (Å²) in [4.78, 5) is 0. The molecule has 0 aromatic heterocycles. The highest BCUT2D eigenvalue weighted by molar-refractivity contribution is 5.78. The number of hydrogen-bond donors (Lipinski definition) is 2. The number of phenolic OH excluding ortho intramolecular Hbond substituents is 2. The first kappa shape index (κ1) is 17.3. The minimum Gasteiger partial charge on any atom is -0.508 e. The first-order valence-corrected chi connectivity index (χ1v) is 9.19. The van der Waals surface area contributed by atoms with E-state index in [-0.39, 0.29) is 0 Å². The predicted octanol–water partition coefficient (Wildman–Crippen LogP) is 6.09. The summed E-state index contributed by atoms with van der Waals surface area (Å²) in [6.07, 6.45) is 10.8.